The number of carbonyl (C=O) groups is 3. The van der Waals surface area contributed by atoms with Crippen molar-refractivity contribution in [3.8, 4) is 17.2 Å². The van der Waals surface area contributed by atoms with Crippen LogP contribution in [0.15, 0.2) is 76.3 Å². The highest BCUT2D eigenvalue weighted by Gasteiger charge is 2.13. The van der Waals surface area contributed by atoms with Crippen LogP contribution in [-0.2, 0) is 4.79 Å². The quantitative estimate of drug-likeness (QED) is 0.186. The summed E-state index contributed by atoms with van der Waals surface area (Å²) in [6, 6.07) is 18.3. The summed E-state index contributed by atoms with van der Waals surface area (Å²) < 4.78 is 16.3. The van der Waals surface area contributed by atoms with Crippen LogP contribution in [0.3, 0.4) is 0 Å². The zero-order valence-electron chi connectivity index (χ0n) is 18.9. The molecule has 3 aromatic carbocycles. The van der Waals surface area contributed by atoms with Gasteiger partial charge in [-0.15, -0.1) is 0 Å². The Kier molecular flexibility index (Phi) is 8.96. The fourth-order valence-electron chi connectivity index (χ4n) is 2.91. The fourth-order valence-corrected chi connectivity index (χ4v) is 3.35. The van der Waals surface area contributed by atoms with E-state index >= 15 is 0 Å². The van der Waals surface area contributed by atoms with Crippen LogP contribution < -0.4 is 25.0 Å². The van der Waals surface area contributed by atoms with E-state index in [-0.39, 0.29) is 6.54 Å². The number of hydrazone groups is 1. The van der Waals surface area contributed by atoms with E-state index in [0.29, 0.717) is 38.4 Å². The van der Waals surface area contributed by atoms with Gasteiger partial charge in [-0.3, -0.25) is 9.59 Å². The van der Waals surface area contributed by atoms with Gasteiger partial charge in [0, 0.05) is 10.0 Å². The molecule has 0 aliphatic heterocycles. The van der Waals surface area contributed by atoms with Gasteiger partial charge in [-0.25, -0.2) is 10.2 Å². The maximum atomic E-state index is 12.4. The number of amides is 2. The standard InChI is InChI=1S/C25H22BrN3O6/c1-33-21-11-10-17(13-22(21)34-2)24(31)27-15-23(30)29-28-14-16-6-5-7-18(12-16)35-25(32)19-8-3-4-9-20(19)26/h3-14H,15H2,1-2H3,(H,27,31)(H,29,30)/b28-14+. The number of hydrogen-bond donors (Lipinski definition) is 2. The Labute approximate surface area is 210 Å². The summed E-state index contributed by atoms with van der Waals surface area (Å²) in [5, 5.41) is 6.38. The molecule has 10 heteroatoms. The van der Waals surface area contributed by atoms with Crippen molar-refractivity contribution in [1.29, 1.82) is 0 Å². The second kappa shape index (κ2) is 12.3. The molecule has 0 saturated heterocycles. The second-order valence-corrected chi connectivity index (χ2v) is 7.84. The lowest BCUT2D eigenvalue weighted by Gasteiger charge is -2.09. The number of halogens is 1. The maximum absolute atomic E-state index is 12.4. The van der Waals surface area contributed by atoms with Gasteiger partial charge >= 0.3 is 5.97 Å². The number of hydrogen-bond acceptors (Lipinski definition) is 7. The van der Waals surface area contributed by atoms with Gasteiger partial charge in [0.15, 0.2) is 11.5 Å². The van der Waals surface area contributed by atoms with Gasteiger partial charge in [0.05, 0.1) is 32.5 Å². The first kappa shape index (κ1) is 25.4. The first-order valence-electron chi connectivity index (χ1n) is 10.3. The second-order valence-electron chi connectivity index (χ2n) is 6.99. The summed E-state index contributed by atoms with van der Waals surface area (Å²) in [4.78, 5) is 36.7. The van der Waals surface area contributed by atoms with Gasteiger partial charge in [0.2, 0.25) is 0 Å². The van der Waals surface area contributed by atoms with Gasteiger partial charge in [0.25, 0.3) is 11.8 Å². The number of rotatable bonds is 9. The van der Waals surface area contributed by atoms with Gasteiger partial charge < -0.3 is 19.5 Å². The van der Waals surface area contributed by atoms with Gasteiger partial charge in [-0.1, -0.05) is 24.3 Å². The molecule has 0 unspecified atom stereocenters. The molecule has 0 radical (unpaired) electrons. The zero-order chi connectivity index (χ0) is 25.2. The Morgan fingerprint density at radius 3 is 2.46 bits per heavy atom. The number of esters is 1. The van der Waals surface area contributed by atoms with Crippen LogP contribution in [0.25, 0.3) is 0 Å². The van der Waals surface area contributed by atoms with Crippen molar-refractivity contribution in [3.05, 3.63) is 87.9 Å². The molecule has 0 saturated carbocycles. The first-order valence-corrected chi connectivity index (χ1v) is 11.1. The minimum absolute atomic E-state index is 0.284. The summed E-state index contributed by atoms with van der Waals surface area (Å²) in [6.07, 6.45) is 1.39. The van der Waals surface area contributed by atoms with Crippen LogP contribution in [0.2, 0.25) is 0 Å². The number of benzene rings is 3. The van der Waals surface area contributed by atoms with Crippen molar-refractivity contribution in [2.75, 3.05) is 20.8 Å². The van der Waals surface area contributed by atoms with Crippen LogP contribution in [0.1, 0.15) is 26.3 Å². The first-order chi connectivity index (χ1) is 16.9. The fraction of sp³-hybridized carbons (Fsp3) is 0.120. The molecule has 3 rings (SSSR count). The topological polar surface area (TPSA) is 115 Å². The molecule has 3 aromatic rings. The molecule has 0 aromatic heterocycles. The Balaban J connectivity index is 1.51. The third-order valence-electron chi connectivity index (χ3n) is 4.62. The molecule has 0 aliphatic carbocycles. The van der Waals surface area contributed by atoms with Crippen LogP contribution >= 0.6 is 15.9 Å². The Morgan fingerprint density at radius 1 is 0.943 bits per heavy atom. The minimum Gasteiger partial charge on any atom is -0.493 e. The van der Waals surface area contributed by atoms with Crippen LogP contribution in [0.4, 0.5) is 0 Å². The van der Waals surface area contributed by atoms with Crippen molar-refractivity contribution in [3.63, 3.8) is 0 Å². The van der Waals surface area contributed by atoms with E-state index < -0.39 is 17.8 Å². The largest absolute Gasteiger partial charge is 0.493 e. The van der Waals surface area contributed by atoms with Crippen molar-refractivity contribution in [2.24, 2.45) is 5.10 Å². The SMILES string of the molecule is COc1ccc(C(=O)NCC(=O)N/N=C/c2cccc(OC(=O)c3ccccc3Br)c2)cc1OC. The van der Waals surface area contributed by atoms with Gasteiger partial charge in [-0.05, 0) is 64.0 Å². The molecular formula is C25H22BrN3O6. The molecule has 35 heavy (non-hydrogen) atoms. The molecule has 2 N–H and O–H groups in total. The van der Waals surface area contributed by atoms with Crippen molar-refractivity contribution in [1.82, 2.24) is 10.7 Å². The lowest BCUT2D eigenvalue weighted by Crippen LogP contribution is -2.34. The smallest absolute Gasteiger partial charge is 0.344 e. The minimum atomic E-state index is -0.522. The predicted molar refractivity (Wildman–Crippen MR) is 133 cm³/mol. The Morgan fingerprint density at radius 2 is 1.71 bits per heavy atom. The normalized spacial score (nSPS) is 10.5. The third-order valence-corrected chi connectivity index (χ3v) is 5.31. The average molecular weight is 540 g/mol. The number of methoxy groups -OCH3 is 2. The number of carbonyl (C=O) groups excluding carboxylic acids is 3. The number of ether oxygens (including phenoxy) is 3. The summed E-state index contributed by atoms with van der Waals surface area (Å²) >= 11 is 3.32. The van der Waals surface area contributed by atoms with E-state index in [1.54, 1.807) is 60.7 Å². The average Bonchev–Trinajstić information content (AvgIpc) is 2.87. The highest BCUT2D eigenvalue weighted by Crippen LogP contribution is 2.27. The summed E-state index contributed by atoms with van der Waals surface area (Å²) in [5.74, 6) is -0.272. The lowest BCUT2D eigenvalue weighted by molar-refractivity contribution is -0.120. The summed E-state index contributed by atoms with van der Waals surface area (Å²) in [7, 11) is 2.96. The monoisotopic (exact) mass is 539 g/mol. The summed E-state index contributed by atoms with van der Waals surface area (Å²) in [5.41, 5.74) is 3.63. The molecule has 0 aliphatic rings. The Hall–Kier alpha value is -4.18. The van der Waals surface area contributed by atoms with Crippen molar-refractivity contribution < 1.29 is 28.6 Å². The van der Waals surface area contributed by atoms with E-state index in [1.165, 1.54) is 26.5 Å². The highest BCUT2D eigenvalue weighted by molar-refractivity contribution is 9.10. The van der Waals surface area contributed by atoms with E-state index in [4.69, 9.17) is 14.2 Å². The van der Waals surface area contributed by atoms with Crippen LogP contribution in [0, 0.1) is 0 Å². The molecule has 0 bridgehead atoms. The lowest BCUT2D eigenvalue weighted by atomic mass is 10.2. The number of nitrogens with one attached hydrogen (secondary N) is 2. The highest BCUT2D eigenvalue weighted by atomic mass is 79.9. The summed E-state index contributed by atoms with van der Waals surface area (Å²) in [6.45, 7) is -0.284. The molecule has 0 atom stereocenters. The van der Waals surface area contributed by atoms with Crippen molar-refractivity contribution >= 4 is 39.9 Å². The molecule has 180 valence electrons. The molecule has 2 amide bonds. The van der Waals surface area contributed by atoms with Crippen LogP contribution in [0.5, 0.6) is 17.2 Å². The molecular weight excluding hydrogens is 518 g/mol. The van der Waals surface area contributed by atoms with E-state index in [1.807, 2.05) is 0 Å². The van der Waals surface area contributed by atoms with E-state index in [2.05, 4.69) is 31.8 Å². The third kappa shape index (κ3) is 7.15. The molecule has 0 spiro atoms. The Bertz CT molecular complexity index is 1260. The zero-order valence-corrected chi connectivity index (χ0v) is 20.5. The molecule has 0 fully saturated rings. The molecule has 9 nitrogen and oxygen atoms in total. The molecule has 0 heterocycles. The van der Waals surface area contributed by atoms with Crippen molar-refractivity contribution in [2.45, 2.75) is 0 Å². The van der Waals surface area contributed by atoms with Gasteiger partial charge in [0.1, 0.15) is 5.75 Å². The predicted octanol–water partition coefficient (Wildman–Crippen LogP) is 3.57. The maximum Gasteiger partial charge on any atom is 0.344 e. The van der Waals surface area contributed by atoms with Gasteiger partial charge in [-0.2, -0.15) is 5.10 Å². The van der Waals surface area contributed by atoms with E-state index in [0.717, 1.165) is 0 Å². The van der Waals surface area contributed by atoms with E-state index in [9.17, 15) is 14.4 Å². The van der Waals surface area contributed by atoms with Crippen LogP contribution in [-0.4, -0.2) is 44.8 Å². The number of nitrogens with zero attached hydrogens (tertiary/aromatic N) is 1.